The van der Waals surface area contributed by atoms with Crippen molar-refractivity contribution in [1.29, 1.82) is 0 Å². The zero-order valence-electron chi connectivity index (χ0n) is 12.0. The lowest BCUT2D eigenvalue weighted by Crippen LogP contribution is -2.43. The highest BCUT2D eigenvalue weighted by Crippen LogP contribution is 2.39. The van der Waals surface area contributed by atoms with Gasteiger partial charge < -0.3 is 10.2 Å². The predicted molar refractivity (Wildman–Crippen MR) is 81.5 cm³/mol. The van der Waals surface area contributed by atoms with Gasteiger partial charge in [-0.15, -0.1) is 0 Å². The number of hydrogen-bond acceptors (Lipinski definition) is 2. The largest absolute Gasteiger partial charge is 0.409 e. The first-order valence-electron chi connectivity index (χ1n) is 6.31. The van der Waals surface area contributed by atoms with Gasteiger partial charge in [-0.1, -0.05) is 44.5 Å². The highest BCUT2D eigenvalue weighted by atomic mass is 35.5. The molecule has 0 amide bonds. The van der Waals surface area contributed by atoms with Crippen LogP contribution < -0.4 is 5.73 Å². The van der Waals surface area contributed by atoms with E-state index in [1.165, 1.54) is 0 Å². The topological polar surface area (TPSA) is 35.2 Å². The molecule has 0 saturated heterocycles. The van der Waals surface area contributed by atoms with Crippen molar-refractivity contribution in [3.8, 4) is 0 Å². The van der Waals surface area contributed by atoms with E-state index in [0.717, 1.165) is 10.6 Å². The van der Waals surface area contributed by atoms with Crippen LogP contribution in [0.2, 0.25) is 23.2 Å². The van der Waals surface area contributed by atoms with Crippen LogP contribution in [0.5, 0.6) is 0 Å². The summed E-state index contributed by atoms with van der Waals surface area (Å²) in [6, 6.07) is 7.77. The molecule has 1 aromatic carbocycles. The fourth-order valence-electron chi connectivity index (χ4n) is 1.49. The third-order valence-corrected chi connectivity index (χ3v) is 8.40. The van der Waals surface area contributed by atoms with Crippen molar-refractivity contribution in [2.75, 3.05) is 6.54 Å². The van der Waals surface area contributed by atoms with E-state index in [-0.39, 0.29) is 11.1 Å². The van der Waals surface area contributed by atoms with Crippen LogP contribution in [-0.4, -0.2) is 14.9 Å². The Kier molecular flexibility index (Phi) is 5.01. The summed E-state index contributed by atoms with van der Waals surface area (Å²) >= 11 is 6.02. The average Bonchev–Trinajstić information content (AvgIpc) is 2.24. The fourth-order valence-corrected chi connectivity index (χ4v) is 2.99. The first-order valence-corrected chi connectivity index (χ1v) is 9.59. The number of halogens is 1. The molecular formula is C14H24ClNOSi. The summed E-state index contributed by atoms with van der Waals surface area (Å²) in [4.78, 5) is 0. The van der Waals surface area contributed by atoms with Crippen LogP contribution >= 0.6 is 11.6 Å². The minimum absolute atomic E-state index is 0.0652. The second-order valence-corrected chi connectivity index (χ2v) is 11.4. The number of benzene rings is 1. The van der Waals surface area contributed by atoms with Gasteiger partial charge >= 0.3 is 0 Å². The maximum atomic E-state index is 6.35. The van der Waals surface area contributed by atoms with Gasteiger partial charge in [0.05, 0.1) is 6.10 Å². The van der Waals surface area contributed by atoms with Gasteiger partial charge in [-0.2, -0.15) is 0 Å². The maximum absolute atomic E-state index is 6.35. The van der Waals surface area contributed by atoms with Crippen LogP contribution in [0.15, 0.2) is 24.3 Å². The minimum Gasteiger partial charge on any atom is -0.409 e. The number of rotatable bonds is 4. The third kappa shape index (κ3) is 3.82. The molecular weight excluding hydrogens is 262 g/mol. The maximum Gasteiger partial charge on any atom is 0.192 e. The van der Waals surface area contributed by atoms with Crippen LogP contribution in [0, 0.1) is 0 Å². The summed E-state index contributed by atoms with van der Waals surface area (Å²) in [5, 5.41) is 0.906. The molecule has 0 aliphatic rings. The summed E-state index contributed by atoms with van der Waals surface area (Å²) in [7, 11) is -1.81. The fraction of sp³-hybridized carbons (Fsp3) is 0.571. The molecule has 0 unspecified atom stereocenters. The molecule has 1 atom stereocenters. The SMILES string of the molecule is CC(C)(C)[Si](C)(C)O[C@@H](CN)c1cccc(Cl)c1. The summed E-state index contributed by atoms with van der Waals surface area (Å²) in [5.74, 6) is 0. The van der Waals surface area contributed by atoms with Crippen LogP contribution in [0.25, 0.3) is 0 Å². The Morgan fingerprint density at radius 1 is 1.33 bits per heavy atom. The van der Waals surface area contributed by atoms with Gasteiger partial charge in [0.25, 0.3) is 0 Å². The first-order chi connectivity index (χ1) is 8.17. The van der Waals surface area contributed by atoms with E-state index in [4.69, 9.17) is 21.8 Å². The molecule has 0 aromatic heterocycles. The summed E-state index contributed by atoms with van der Waals surface area (Å²) in [5.41, 5.74) is 6.92. The molecule has 0 saturated carbocycles. The monoisotopic (exact) mass is 285 g/mol. The Morgan fingerprint density at radius 3 is 2.39 bits per heavy atom. The molecule has 0 aliphatic heterocycles. The van der Waals surface area contributed by atoms with E-state index in [9.17, 15) is 0 Å². The lowest BCUT2D eigenvalue weighted by atomic mass is 10.1. The lowest BCUT2D eigenvalue weighted by molar-refractivity contribution is 0.191. The van der Waals surface area contributed by atoms with Crippen molar-refractivity contribution in [3.63, 3.8) is 0 Å². The normalized spacial score (nSPS) is 14.6. The Morgan fingerprint density at radius 2 is 1.94 bits per heavy atom. The molecule has 1 rings (SSSR count). The summed E-state index contributed by atoms with van der Waals surface area (Å²) in [6.45, 7) is 11.6. The van der Waals surface area contributed by atoms with E-state index >= 15 is 0 Å². The third-order valence-electron chi connectivity index (χ3n) is 3.68. The first kappa shape index (κ1) is 15.7. The Hall–Kier alpha value is -0.353. The zero-order valence-corrected chi connectivity index (χ0v) is 13.7. The van der Waals surface area contributed by atoms with E-state index in [1.54, 1.807) is 0 Å². The Balaban J connectivity index is 2.93. The second-order valence-electron chi connectivity index (χ2n) is 6.16. The minimum atomic E-state index is -1.81. The summed E-state index contributed by atoms with van der Waals surface area (Å²) < 4.78 is 6.35. The molecule has 0 aliphatic carbocycles. The molecule has 0 bridgehead atoms. The molecule has 102 valence electrons. The van der Waals surface area contributed by atoms with Crippen LogP contribution in [0.4, 0.5) is 0 Å². The average molecular weight is 286 g/mol. The molecule has 1 aromatic rings. The highest BCUT2D eigenvalue weighted by Gasteiger charge is 2.39. The molecule has 0 fully saturated rings. The van der Waals surface area contributed by atoms with Gasteiger partial charge in [-0.05, 0) is 35.8 Å². The summed E-state index contributed by atoms with van der Waals surface area (Å²) in [6.07, 6.45) is -0.0652. The molecule has 2 nitrogen and oxygen atoms in total. The quantitative estimate of drug-likeness (QED) is 0.834. The van der Waals surface area contributed by atoms with Gasteiger partial charge in [0, 0.05) is 11.6 Å². The molecule has 18 heavy (non-hydrogen) atoms. The van der Waals surface area contributed by atoms with Crippen molar-refractivity contribution in [2.45, 2.75) is 45.0 Å². The Labute approximate surface area is 117 Å². The highest BCUT2D eigenvalue weighted by molar-refractivity contribution is 6.74. The molecule has 0 radical (unpaired) electrons. The predicted octanol–water partition coefficient (Wildman–Crippen LogP) is 4.36. The van der Waals surface area contributed by atoms with Crippen LogP contribution in [-0.2, 0) is 4.43 Å². The lowest BCUT2D eigenvalue weighted by Gasteiger charge is -2.39. The van der Waals surface area contributed by atoms with Crippen molar-refractivity contribution in [2.24, 2.45) is 5.73 Å². The van der Waals surface area contributed by atoms with Gasteiger partial charge in [0.1, 0.15) is 0 Å². The van der Waals surface area contributed by atoms with E-state index in [0.29, 0.717) is 6.54 Å². The van der Waals surface area contributed by atoms with Gasteiger partial charge in [-0.3, -0.25) is 0 Å². The number of hydrogen-bond donors (Lipinski definition) is 1. The molecule has 4 heteroatoms. The molecule has 2 N–H and O–H groups in total. The molecule has 0 spiro atoms. The zero-order chi connectivity index (χ0) is 14.0. The smallest absolute Gasteiger partial charge is 0.192 e. The second kappa shape index (κ2) is 5.74. The van der Waals surface area contributed by atoms with Crippen molar-refractivity contribution in [1.82, 2.24) is 0 Å². The van der Waals surface area contributed by atoms with Gasteiger partial charge in [0.2, 0.25) is 0 Å². The van der Waals surface area contributed by atoms with Crippen LogP contribution in [0.1, 0.15) is 32.4 Å². The van der Waals surface area contributed by atoms with Crippen LogP contribution in [0.3, 0.4) is 0 Å². The van der Waals surface area contributed by atoms with E-state index < -0.39 is 8.32 Å². The van der Waals surface area contributed by atoms with Crippen molar-refractivity contribution in [3.05, 3.63) is 34.9 Å². The van der Waals surface area contributed by atoms with Gasteiger partial charge in [0.15, 0.2) is 8.32 Å². The van der Waals surface area contributed by atoms with Crippen molar-refractivity contribution < 1.29 is 4.43 Å². The number of nitrogens with two attached hydrogens (primary N) is 1. The Bertz CT molecular complexity index is 401. The van der Waals surface area contributed by atoms with E-state index in [2.05, 4.69) is 33.9 Å². The van der Waals surface area contributed by atoms with Gasteiger partial charge in [-0.25, -0.2) is 0 Å². The standard InChI is InChI=1S/C14H24ClNOSi/c1-14(2,3)18(4,5)17-13(10-16)11-7-6-8-12(15)9-11/h6-9,13H,10,16H2,1-5H3/t13-/m0/s1. The van der Waals surface area contributed by atoms with Crippen molar-refractivity contribution >= 4 is 19.9 Å². The molecule has 0 heterocycles. The van der Waals surface area contributed by atoms with E-state index in [1.807, 2.05) is 24.3 Å².